The summed E-state index contributed by atoms with van der Waals surface area (Å²) in [5.74, 6) is 0.252. The van der Waals surface area contributed by atoms with E-state index in [4.69, 9.17) is 21.1 Å². The van der Waals surface area contributed by atoms with Gasteiger partial charge in [-0.15, -0.1) is 0 Å². The Morgan fingerprint density at radius 1 is 1.15 bits per heavy atom. The van der Waals surface area contributed by atoms with E-state index in [0.717, 1.165) is 16.9 Å². The molecule has 2 rings (SSSR count). The van der Waals surface area contributed by atoms with Gasteiger partial charge in [-0.3, -0.25) is 9.59 Å². The summed E-state index contributed by atoms with van der Waals surface area (Å²) in [6, 6.07) is 14.4. The largest absolute Gasteiger partial charge is 0.493 e. The van der Waals surface area contributed by atoms with E-state index in [1.165, 1.54) is 7.11 Å². The number of methoxy groups -OCH3 is 1. The summed E-state index contributed by atoms with van der Waals surface area (Å²) in [7, 11) is 1.34. The number of rotatable bonds is 9. The molecule has 0 radical (unpaired) electrons. The lowest BCUT2D eigenvalue weighted by Gasteiger charge is -2.18. The molecular weight excluding hydrogens is 366 g/mol. The first-order valence-corrected chi connectivity index (χ1v) is 9.17. The van der Waals surface area contributed by atoms with Gasteiger partial charge in [0.2, 0.25) is 5.91 Å². The van der Waals surface area contributed by atoms with Gasteiger partial charge in [-0.2, -0.15) is 0 Å². The molecule has 1 amide bonds. The number of ether oxygens (including phenoxy) is 2. The zero-order valence-corrected chi connectivity index (χ0v) is 16.3. The number of esters is 1. The van der Waals surface area contributed by atoms with Crippen molar-refractivity contribution in [3.63, 3.8) is 0 Å². The maximum Gasteiger partial charge on any atom is 0.307 e. The highest BCUT2D eigenvalue weighted by atomic mass is 35.5. The minimum Gasteiger partial charge on any atom is -0.493 e. The fourth-order valence-corrected chi connectivity index (χ4v) is 2.87. The van der Waals surface area contributed by atoms with Crippen LogP contribution < -0.4 is 10.1 Å². The quantitative estimate of drug-likeness (QED) is 0.515. The van der Waals surface area contributed by atoms with Crippen LogP contribution in [0.5, 0.6) is 5.75 Å². The Morgan fingerprint density at radius 2 is 1.89 bits per heavy atom. The molecule has 0 aliphatic carbocycles. The molecule has 27 heavy (non-hydrogen) atoms. The van der Waals surface area contributed by atoms with Crippen LogP contribution in [-0.2, 0) is 14.3 Å². The van der Waals surface area contributed by atoms with Gasteiger partial charge in [0, 0.05) is 11.4 Å². The van der Waals surface area contributed by atoms with Gasteiger partial charge in [-0.05, 0) is 42.7 Å². The summed E-state index contributed by atoms with van der Waals surface area (Å²) in [4.78, 5) is 23.9. The van der Waals surface area contributed by atoms with Gasteiger partial charge in [-0.1, -0.05) is 41.9 Å². The maximum absolute atomic E-state index is 12.3. The number of hydrogen-bond donors (Lipinski definition) is 1. The number of aryl methyl sites for hydroxylation is 1. The van der Waals surface area contributed by atoms with Crippen LogP contribution in [0.25, 0.3) is 0 Å². The Hall–Kier alpha value is -2.53. The molecule has 0 saturated carbocycles. The second-order valence-corrected chi connectivity index (χ2v) is 6.61. The highest BCUT2D eigenvalue weighted by Gasteiger charge is 2.18. The molecule has 0 spiro atoms. The Morgan fingerprint density at radius 3 is 2.56 bits per heavy atom. The lowest BCUT2D eigenvalue weighted by atomic mass is 10.0. The van der Waals surface area contributed by atoms with Gasteiger partial charge >= 0.3 is 5.97 Å². The van der Waals surface area contributed by atoms with Crippen molar-refractivity contribution in [3.8, 4) is 5.75 Å². The summed E-state index contributed by atoms with van der Waals surface area (Å²) in [5, 5.41) is 3.57. The molecule has 0 bridgehead atoms. The lowest BCUT2D eigenvalue weighted by Crippen LogP contribution is -2.30. The van der Waals surface area contributed by atoms with Gasteiger partial charge < -0.3 is 14.8 Å². The molecule has 2 aromatic rings. The van der Waals surface area contributed by atoms with Crippen molar-refractivity contribution in [1.82, 2.24) is 5.32 Å². The minimum absolute atomic E-state index is 0.0900. The van der Waals surface area contributed by atoms with Crippen LogP contribution in [0.4, 0.5) is 0 Å². The van der Waals surface area contributed by atoms with Crippen molar-refractivity contribution in [1.29, 1.82) is 0 Å². The SMILES string of the molecule is COC(=O)CC(NC(=O)CCCOc1ccc(Cl)cc1C)c1ccccc1. The third kappa shape index (κ3) is 6.94. The standard InChI is InChI=1S/C21H24ClNO4/c1-15-13-17(22)10-11-19(15)27-12-6-9-20(24)23-18(14-21(25)26-2)16-7-4-3-5-8-16/h3-5,7-8,10-11,13,18H,6,9,12,14H2,1-2H3,(H,23,24). The van der Waals surface area contributed by atoms with E-state index in [1.54, 1.807) is 6.07 Å². The van der Waals surface area contributed by atoms with E-state index < -0.39 is 6.04 Å². The molecular formula is C21H24ClNO4. The fraction of sp³-hybridized carbons (Fsp3) is 0.333. The molecule has 6 heteroatoms. The van der Waals surface area contributed by atoms with Crippen LogP contribution in [-0.4, -0.2) is 25.6 Å². The number of halogens is 1. The van der Waals surface area contributed by atoms with E-state index >= 15 is 0 Å². The van der Waals surface area contributed by atoms with Crippen LogP contribution in [0, 0.1) is 6.92 Å². The lowest BCUT2D eigenvalue weighted by molar-refractivity contribution is -0.141. The Kier molecular flexibility index (Phi) is 8.14. The first kappa shape index (κ1) is 20.8. The van der Waals surface area contributed by atoms with Crippen LogP contribution in [0.1, 0.15) is 36.4 Å². The second kappa shape index (κ2) is 10.6. The highest BCUT2D eigenvalue weighted by molar-refractivity contribution is 6.30. The van der Waals surface area contributed by atoms with Gasteiger partial charge in [0.05, 0.1) is 26.2 Å². The Balaban J connectivity index is 1.83. The highest BCUT2D eigenvalue weighted by Crippen LogP contribution is 2.22. The zero-order valence-electron chi connectivity index (χ0n) is 15.5. The normalized spacial score (nSPS) is 11.5. The third-order valence-electron chi connectivity index (χ3n) is 4.08. The molecule has 0 aliphatic rings. The van der Waals surface area contributed by atoms with Gasteiger partial charge in [0.25, 0.3) is 0 Å². The molecule has 1 atom stereocenters. The first-order chi connectivity index (χ1) is 13.0. The van der Waals surface area contributed by atoms with Gasteiger partial charge in [0.1, 0.15) is 5.75 Å². The van der Waals surface area contributed by atoms with Crippen molar-refractivity contribution in [2.24, 2.45) is 0 Å². The maximum atomic E-state index is 12.3. The molecule has 0 fully saturated rings. The zero-order chi connectivity index (χ0) is 19.6. The minimum atomic E-state index is -0.412. The molecule has 144 valence electrons. The fourth-order valence-electron chi connectivity index (χ4n) is 2.64. The summed E-state index contributed by atoms with van der Waals surface area (Å²) in [6.07, 6.45) is 0.956. The third-order valence-corrected chi connectivity index (χ3v) is 4.31. The average Bonchev–Trinajstić information content (AvgIpc) is 2.66. The van der Waals surface area contributed by atoms with E-state index in [9.17, 15) is 9.59 Å². The molecule has 0 aliphatic heterocycles. The number of amides is 1. The molecule has 5 nitrogen and oxygen atoms in total. The van der Waals surface area contributed by atoms with E-state index in [-0.39, 0.29) is 18.3 Å². The predicted molar refractivity (Wildman–Crippen MR) is 105 cm³/mol. The van der Waals surface area contributed by atoms with Crippen molar-refractivity contribution in [2.75, 3.05) is 13.7 Å². The molecule has 0 saturated heterocycles. The molecule has 0 aromatic heterocycles. The van der Waals surface area contributed by atoms with E-state index in [1.807, 2.05) is 49.4 Å². The first-order valence-electron chi connectivity index (χ1n) is 8.79. The average molecular weight is 390 g/mol. The van der Waals surface area contributed by atoms with Crippen LogP contribution in [0.3, 0.4) is 0 Å². The summed E-state index contributed by atoms with van der Waals surface area (Å²) in [5.41, 5.74) is 1.82. The molecule has 1 N–H and O–H groups in total. The smallest absolute Gasteiger partial charge is 0.307 e. The summed E-state index contributed by atoms with van der Waals surface area (Å²) < 4.78 is 10.4. The number of hydrogen-bond acceptors (Lipinski definition) is 4. The molecule has 0 heterocycles. The van der Waals surface area contributed by atoms with E-state index in [0.29, 0.717) is 24.5 Å². The van der Waals surface area contributed by atoms with Gasteiger partial charge in [-0.25, -0.2) is 0 Å². The molecule has 2 aromatic carbocycles. The van der Waals surface area contributed by atoms with Gasteiger partial charge in [0.15, 0.2) is 0 Å². The number of benzene rings is 2. The predicted octanol–water partition coefficient (Wildman–Crippen LogP) is 4.23. The Labute approximate surface area is 164 Å². The summed E-state index contributed by atoms with van der Waals surface area (Å²) in [6.45, 7) is 2.34. The van der Waals surface area contributed by atoms with Crippen molar-refractivity contribution in [3.05, 3.63) is 64.7 Å². The summed E-state index contributed by atoms with van der Waals surface area (Å²) >= 11 is 5.92. The van der Waals surface area contributed by atoms with Crippen LogP contribution in [0.2, 0.25) is 5.02 Å². The molecule has 1 unspecified atom stereocenters. The monoisotopic (exact) mass is 389 g/mol. The van der Waals surface area contributed by atoms with Crippen LogP contribution in [0.15, 0.2) is 48.5 Å². The van der Waals surface area contributed by atoms with Crippen molar-refractivity contribution in [2.45, 2.75) is 32.2 Å². The number of carbonyl (C=O) groups is 2. The van der Waals surface area contributed by atoms with Crippen molar-refractivity contribution < 1.29 is 19.1 Å². The van der Waals surface area contributed by atoms with Crippen LogP contribution >= 0.6 is 11.6 Å². The number of nitrogens with one attached hydrogen (secondary N) is 1. The topological polar surface area (TPSA) is 64.6 Å². The second-order valence-electron chi connectivity index (χ2n) is 6.17. The van der Waals surface area contributed by atoms with Crippen molar-refractivity contribution >= 4 is 23.5 Å². The van der Waals surface area contributed by atoms with E-state index in [2.05, 4.69) is 5.32 Å². The number of carbonyl (C=O) groups excluding carboxylic acids is 2. The Bertz CT molecular complexity index is 764.